The second-order valence-corrected chi connectivity index (χ2v) is 6.27. The van der Waals surface area contributed by atoms with Crippen LogP contribution in [0.2, 0.25) is 0 Å². The van der Waals surface area contributed by atoms with Gasteiger partial charge in [-0.3, -0.25) is 14.9 Å². The molecule has 132 valence electrons. The molecule has 2 aromatic carbocycles. The number of carboxylic acids is 1. The molecule has 7 heteroatoms. The van der Waals surface area contributed by atoms with Gasteiger partial charge in [0.05, 0.1) is 12.1 Å². The van der Waals surface area contributed by atoms with Gasteiger partial charge in [0.15, 0.2) is 11.7 Å². The first-order chi connectivity index (χ1) is 12.6. The third-order valence-electron chi connectivity index (χ3n) is 3.46. The first kappa shape index (κ1) is 17.6. The summed E-state index contributed by atoms with van der Waals surface area (Å²) in [6.45, 7) is -0.169. The van der Waals surface area contributed by atoms with Gasteiger partial charge in [-0.15, -0.1) is 11.3 Å². The Labute approximate surface area is 154 Å². The van der Waals surface area contributed by atoms with Crippen LogP contribution in [0.25, 0.3) is 11.1 Å². The summed E-state index contributed by atoms with van der Waals surface area (Å²) in [5.41, 5.74) is 2.31. The van der Waals surface area contributed by atoms with Crippen molar-refractivity contribution in [3.8, 4) is 16.9 Å². The van der Waals surface area contributed by atoms with Gasteiger partial charge in [-0.2, -0.15) is 0 Å². The van der Waals surface area contributed by atoms with Crippen molar-refractivity contribution in [3.63, 3.8) is 0 Å². The van der Waals surface area contributed by atoms with Crippen LogP contribution in [0.5, 0.6) is 5.75 Å². The number of amides is 1. The Bertz CT molecular complexity index is 909. The zero-order valence-corrected chi connectivity index (χ0v) is 14.5. The third-order valence-corrected chi connectivity index (χ3v) is 4.27. The topological polar surface area (TPSA) is 88.5 Å². The summed E-state index contributed by atoms with van der Waals surface area (Å²) in [5.74, 6) is -0.710. The van der Waals surface area contributed by atoms with Crippen LogP contribution in [0.3, 0.4) is 0 Å². The van der Waals surface area contributed by atoms with Crippen LogP contribution in [-0.4, -0.2) is 28.6 Å². The van der Waals surface area contributed by atoms with Gasteiger partial charge in [0.1, 0.15) is 5.75 Å². The number of aliphatic carboxylic acids is 1. The highest BCUT2D eigenvalue weighted by molar-refractivity contribution is 7.13. The zero-order valence-electron chi connectivity index (χ0n) is 13.7. The van der Waals surface area contributed by atoms with Crippen molar-refractivity contribution < 1.29 is 19.4 Å². The molecule has 26 heavy (non-hydrogen) atoms. The predicted octanol–water partition coefficient (Wildman–Crippen LogP) is 3.45. The van der Waals surface area contributed by atoms with E-state index in [1.165, 1.54) is 11.3 Å². The van der Waals surface area contributed by atoms with Crippen LogP contribution < -0.4 is 10.1 Å². The van der Waals surface area contributed by atoms with Crippen LogP contribution in [0.1, 0.15) is 5.69 Å². The lowest BCUT2D eigenvalue weighted by Crippen LogP contribution is -2.20. The Morgan fingerprint density at radius 2 is 1.81 bits per heavy atom. The van der Waals surface area contributed by atoms with E-state index in [0.29, 0.717) is 16.6 Å². The summed E-state index contributed by atoms with van der Waals surface area (Å²) in [4.78, 5) is 26.8. The van der Waals surface area contributed by atoms with Gasteiger partial charge in [-0.1, -0.05) is 48.5 Å². The number of anilines is 1. The first-order valence-electron chi connectivity index (χ1n) is 7.85. The number of thiazole rings is 1. The molecule has 0 aliphatic heterocycles. The molecule has 0 bridgehead atoms. The van der Waals surface area contributed by atoms with Crippen LogP contribution in [-0.2, 0) is 16.0 Å². The third kappa shape index (κ3) is 4.67. The van der Waals surface area contributed by atoms with Gasteiger partial charge in [0.25, 0.3) is 5.91 Å². The Morgan fingerprint density at radius 3 is 2.58 bits per heavy atom. The molecule has 0 saturated heterocycles. The Hall–Kier alpha value is -3.19. The van der Waals surface area contributed by atoms with E-state index in [1.807, 2.05) is 54.6 Å². The van der Waals surface area contributed by atoms with E-state index in [4.69, 9.17) is 9.84 Å². The molecular weight excluding hydrogens is 352 g/mol. The highest BCUT2D eigenvalue weighted by Crippen LogP contribution is 2.29. The lowest BCUT2D eigenvalue weighted by molar-refractivity contribution is -0.136. The number of ether oxygens (including phenoxy) is 1. The second kappa shape index (κ2) is 8.26. The number of rotatable bonds is 7. The van der Waals surface area contributed by atoms with Crippen molar-refractivity contribution in [3.05, 3.63) is 65.7 Å². The van der Waals surface area contributed by atoms with Crippen LogP contribution in [0.4, 0.5) is 5.13 Å². The van der Waals surface area contributed by atoms with E-state index in [0.717, 1.165) is 11.1 Å². The summed E-state index contributed by atoms with van der Waals surface area (Å²) in [7, 11) is 0. The fraction of sp³-hybridized carbons (Fsp3) is 0.105. The van der Waals surface area contributed by atoms with Crippen molar-refractivity contribution in [1.82, 2.24) is 4.98 Å². The summed E-state index contributed by atoms with van der Waals surface area (Å²) < 4.78 is 5.67. The number of carboxylic acid groups (broad SMARTS) is 1. The van der Waals surface area contributed by atoms with E-state index in [9.17, 15) is 9.59 Å². The standard InChI is InChI=1S/C19H16N2O4S/c22-17(21-19-20-14(12-26-19)10-18(23)24)11-25-16-9-5-4-8-15(16)13-6-2-1-3-7-13/h1-9,12H,10-11H2,(H,23,24)(H,20,21,22). The van der Waals surface area contributed by atoms with Gasteiger partial charge in [0.2, 0.25) is 0 Å². The van der Waals surface area contributed by atoms with Crippen LogP contribution in [0, 0.1) is 0 Å². The molecule has 1 amide bonds. The maximum atomic E-state index is 12.1. The minimum absolute atomic E-state index is 0.169. The minimum atomic E-state index is -0.964. The maximum absolute atomic E-state index is 12.1. The molecule has 1 aromatic heterocycles. The van der Waals surface area contributed by atoms with Gasteiger partial charge in [-0.25, -0.2) is 4.98 Å². The maximum Gasteiger partial charge on any atom is 0.309 e. The number of benzene rings is 2. The number of nitrogens with one attached hydrogen (secondary N) is 1. The van der Waals surface area contributed by atoms with Gasteiger partial charge >= 0.3 is 5.97 Å². The van der Waals surface area contributed by atoms with E-state index in [-0.39, 0.29) is 18.9 Å². The first-order valence-corrected chi connectivity index (χ1v) is 8.73. The molecule has 0 saturated carbocycles. The fourth-order valence-electron chi connectivity index (χ4n) is 2.35. The number of para-hydroxylation sites is 1. The normalized spacial score (nSPS) is 10.3. The molecule has 0 unspecified atom stereocenters. The molecule has 1 heterocycles. The Morgan fingerprint density at radius 1 is 1.08 bits per heavy atom. The number of aromatic nitrogens is 1. The van der Waals surface area contributed by atoms with Crippen molar-refractivity contribution in [2.45, 2.75) is 6.42 Å². The second-order valence-electron chi connectivity index (χ2n) is 5.41. The molecule has 6 nitrogen and oxygen atoms in total. The van der Waals surface area contributed by atoms with Crippen molar-refractivity contribution in [2.75, 3.05) is 11.9 Å². The van der Waals surface area contributed by atoms with Crippen molar-refractivity contribution >= 4 is 28.3 Å². The minimum Gasteiger partial charge on any atom is -0.483 e. The van der Waals surface area contributed by atoms with Gasteiger partial charge in [0, 0.05) is 10.9 Å². The van der Waals surface area contributed by atoms with E-state index in [2.05, 4.69) is 10.3 Å². The highest BCUT2D eigenvalue weighted by atomic mass is 32.1. The number of carbonyl (C=O) groups excluding carboxylic acids is 1. The lowest BCUT2D eigenvalue weighted by atomic mass is 10.1. The molecule has 0 aliphatic carbocycles. The summed E-state index contributed by atoms with van der Waals surface area (Å²) >= 11 is 1.18. The van der Waals surface area contributed by atoms with Crippen molar-refractivity contribution in [1.29, 1.82) is 0 Å². The lowest BCUT2D eigenvalue weighted by Gasteiger charge is -2.11. The average molecular weight is 368 g/mol. The van der Waals surface area contributed by atoms with Gasteiger partial charge in [-0.05, 0) is 11.6 Å². The van der Waals surface area contributed by atoms with Crippen LogP contribution >= 0.6 is 11.3 Å². The fourth-order valence-corrected chi connectivity index (χ4v) is 3.07. The largest absolute Gasteiger partial charge is 0.483 e. The molecule has 0 aliphatic rings. The SMILES string of the molecule is O=C(O)Cc1csc(NC(=O)COc2ccccc2-c2ccccc2)n1. The average Bonchev–Trinajstić information content (AvgIpc) is 3.07. The van der Waals surface area contributed by atoms with Gasteiger partial charge < -0.3 is 9.84 Å². The number of hydrogen-bond acceptors (Lipinski definition) is 5. The molecule has 3 aromatic rings. The number of carbonyl (C=O) groups is 2. The summed E-state index contributed by atoms with van der Waals surface area (Å²) in [5, 5.41) is 13.3. The molecule has 0 radical (unpaired) electrons. The summed E-state index contributed by atoms with van der Waals surface area (Å²) in [6, 6.07) is 17.3. The molecular formula is C19H16N2O4S. The highest BCUT2D eigenvalue weighted by Gasteiger charge is 2.11. The Kier molecular flexibility index (Phi) is 5.60. The zero-order chi connectivity index (χ0) is 18.4. The Balaban J connectivity index is 1.62. The summed E-state index contributed by atoms with van der Waals surface area (Å²) in [6.07, 6.45) is -0.173. The molecule has 0 fully saturated rings. The molecule has 0 spiro atoms. The number of hydrogen-bond donors (Lipinski definition) is 2. The smallest absolute Gasteiger partial charge is 0.309 e. The predicted molar refractivity (Wildman–Crippen MR) is 99.5 cm³/mol. The van der Waals surface area contributed by atoms with E-state index >= 15 is 0 Å². The van der Waals surface area contributed by atoms with Crippen LogP contribution in [0.15, 0.2) is 60.0 Å². The monoisotopic (exact) mass is 368 g/mol. The molecule has 2 N–H and O–H groups in total. The van der Waals surface area contributed by atoms with E-state index < -0.39 is 5.97 Å². The van der Waals surface area contributed by atoms with E-state index in [1.54, 1.807) is 5.38 Å². The molecule has 0 atom stereocenters. The number of nitrogens with zero attached hydrogens (tertiary/aromatic N) is 1. The quantitative estimate of drug-likeness (QED) is 0.667. The van der Waals surface area contributed by atoms with Crippen molar-refractivity contribution in [2.24, 2.45) is 0 Å². The molecule has 3 rings (SSSR count).